The topological polar surface area (TPSA) is 49.3 Å². The van der Waals surface area contributed by atoms with Gasteiger partial charge in [-0.2, -0.15) is 11.3 Å². The van der Waals surface area contributed by atoms with Gasteiger partial charge in [-0.1, -0.05) is 26.2 Å². The SMILES string of the molecule is CCCCCCC(=O)NCC(O)c1ccsc1. The van der Waals surface area contributed by atoms with E-state index >= 15 is 0 Å². The minimum atomic E-state index is -0.583. The Morgan fingerprint density at radius 1 is 1.47 bits per heavy atom. The molecular formula is C13H21NO2S. The molecule has 1 heterocycles. The average Bonchev–Trinajstić information content (AvgIpc) is 2.85. The fourth-order valence-corrected chi connectivity index (χ4v) is 2.30. The van der Waals surface area contributed by atoms with Crippen LogP contribution in [-0.4, -0.2) is 17.6 Å². The van der Waals surface area contributed by atoms with Crippen LogP contribution in [0.4, 0.5) is 0 Å². The maximum Gasteiger partial charge on any atom is 0.220 e. The number of rotatable bonds is 8. The minimum absolute atomic E-state index is 0.0374. The zero-order chi connectivity index (χ0) is 12.5. The van der Waals surface area contributed by atoms with Crippen molar-refractivity contribution in [1.29, 1.82) is 0 Å². The number of unbranched alkanes of at least 4 members (excludes halogenated alkanes) is 3. The van der Waals surface area contributed by atoms with E-state index in [0.717, 1.165) is 18.4 Å². The van der Waals surface area contributed by atoms with Crippen molar-refractivity contribution in [2.24, 2.45) is 0 Å². The molecule has 1 aromatic heterocycles. The second-order valence-electron chi connectivity index (χ2n) is 4.19. The molecule has 0 aliphatic carbocycles. The molecule has 0 fully saturated rings. The number of carbonyl (C=O) groups is 1. The average molecular weight is 255 g/mol. The maximum absolute atomic E-state index is 11.5. The van der Waals surface area contributed by atoms with Gasteiger partial charge < -0.3 is 10.4 Å². The van der Waals surface area contributed by atoms with Crippen LogP contribution in [0.3, 0.4) is 0 Å². The first-order chi connectivity index (χ1) is 8.24. The lowest BCUT2D eigenvalue weighted by Crippen LogP contribution is -2.27. The highest BCUT2D eigenvalue weighted by atomic mass is 32.1. The van der Waals surface area contributed by atoms with Gasteiger partial charge in [0.15, 0.2) is 0 Å². The molecule has 2 N–H and O–H groups in total. The molecule has 17 heavy (non-hydrogen) atoms. The number of nitrogens with one attached hydrogen (secondary N) is 1. The Labute approximate surface area is 107 Å². The summed E-state index contributed by atoms with van der Waals surface area (Å²) in [4.78, 5) is 11.5. The minimum Gasteiger partial charge on any atom is -0.387 e. The van der Waals surface area contributed by atoms with Crippen molar-refractivity contribution in [3.05, 3.63) is 22.4 Å². The van der Waals surface area contributed by atoms with E-state index in [1.165, 1.54) is 12.8 Å². The van der Waals surface area contributed by atoms with Gasteiger partial charge in [0.1, 0.15) is 0 Å². The summed E-state index contributed by atoms with van der Waals surface area (Å²) in [5.41, 5.74) is 0.876. The molecule has 0 saturated carbocycles. The standard InChI is InChI=1S/C13H21NO2S/c1-2-3-4-5-6-13(16)14-9-12(15)11-7-8-17-10-11/h7-8,10,12,15H,2-6,9H2,1H3,(H,14,16). The molecule has 0 aromatic carbocycles. The van der Waals surface area contributed by atoms with Crippen LogP contribution in [0.2, 0.25) is 0 Å². The molecule has 0 radical (unpaired) electrons. The summed E-state index contributed by atoms with van der Waals surface area (Å²) in [6.07, 6.45) is 4.39. The van der Waals surface area contributed by atoms with Gasteiger partial charge in [-0.15, -0.1) is 0 Å². The zero-order valence-electron chi connectivity index (χ0n) is 10.3. The van der Waals surface area contributed by atoms with Crippen molar-refractivity contribution in [1.82, 2.24) is 5.32 Å². The van der Waals surface area contributed by atoms with Crippen LogP contribution in [0.25, 0.3) is 0 Å². The van der Waals surface area contributed by atoms with Gasteiger partial charge in [-0.05, 0) is 28.8 Å². The zero-order valence-corrected chi connectivity index (χ0v) is 11.1. The first-order valence-electron chi connectivity index (χ1n) is 6.21. The molecule has 3 nitrogen and oxygen atoms in total. The molecule has 1 aromatic rings. The lowest BCUT2D eigenvalue weighted by Gasteiger charge is -2.10. The predicted octanol–water partition coefficient (Wildman–Crippen LogP) is 2.87. The fraction of sp³-hybridized carbons (Fsp3) is 0.615. The van der Waals surface area contributed by atoms with Gasteiger partial charge >= 0.3 is 0 Å². The third-order valence-electron chi connectivity index (χ3n) is 2.68. The number of hydrogen-bond donors (Lipinski definition) is 2. The molecule has 1 unspecified atom stereocenters. The normalized spacial score (nSPS) is 12.4. The summed E-state index contributed by atoms with van der Waals surface area (Å²) < 4.78 is 0. The molecule has 96 valence electrons. The van der Waals surface area contributed by atoms with E-state index < -0.39 is 6.10 Å². The molecule has 0 saturated heterocycles. The van der Waals surface area contributed by atoms with E-state index in [1.54, 1.807) is 11.3 Å². The predicted molar refractivity (Wildman–Crippen MR) is 71.0 cm³/mol. The van der Waals surface area contributed by atoms with E-state index in [1.807, 2.05) is 16.8 Å². The highest BCUT2D eigenvalue weighted by Gasteiger charge is 2.09. The second-order valence-corrected chi connectivity index (χ2v) is 4.97. The number of hydrogen-bond acceptors (Lipinski definition) is 3. The summed E-state index contributed by atoms with van der Waals surface area (Å²) in [6, 6.07) is 1.88. The van der Waals surface area contributed by atoms with Crippen molar-refractivity contribution in [2.45, 2.75) is 45.1 Å². The quantitative estimate of drug-likeness (QED) is 0.702. The molecule has 4 heteroatoms. The highest BCUT2D eigenvalue weighted by Crippen LogP contribution is 2.15. The number of aliphatic hydroxyl groups excluding tert-OH is 1. The monoisotopic (exact) mass is 255 g/mol. The van der Waals surface area contributed by atoms with Crippen LogP contribution in [0.5, 0.6) is 0 Å². The van der Waals surface area contributed by atoms with Crippen LogP contribution >= 0.6 is 11.3 Å². The Kier molecular flexibility index (Phi) is 6.89. The Hall–Kier alpha value is -0.870. The maximum atomic E-state index is 11.5. The van der Waals surface area contributed by atoms with Crippen molar-refractivity contribution in [2.75, 3.05) is 6.54 Å². The van der Waals surface area contributed by atoms with E-state index in [4.69, 9.17) is 0 Å². The van der Waals surface area contributed by atoms with E-state index in [0.29, 0.717) is 13.0 Å². The van der Waals surface area contributed by atoms with E-state index in [-0.39, 0.29) is 5.91 Å². The third kappa shape index (κ3) is 5.84. The lowest BCUT2D eigenvalue weighted by atomic mass is 10.1. The Morgan fingerprint density at radius 3 is 2.94 bits per heavy atom. The van der Waals surface area contributed by atoms with Gasteiger partial charge in [0.2, 0.25) is 5.91 Å². The van der Waals surface area contributed by atoms with Crippen molar-refractivity contribution >= 4 is 17.2 Å². The number of amides is 1. The second kappa shape index (κ2) is 8.25. The molecular weight excluding hydrogens is 234 g/mol. The molecule has 0 aliphatic heterocycles. The van der Waals surface area contributed by atoms with Crippen molar-refractivity contribution in [3.63, 3.8) is 0 Å². The molecule has 0 spiro atoms. The van der Waals surface area contributed by atoms with Gasteiger partial charge in [-0.25, -0.2) is 0 Å². The van der Waals surface area contributed by atoms with Gasteiger partial charge in [0.05, 0.1) is 6.10 Å². The van der Waals surface area contributed by atoms with Gasteiger partial charge in [0, 0.05) is 13.0 Å². The number of aliphatic hydroxyl groups is 1. The van der Waals surface area contributed by atoms with Crippen molar-refractivity contribution in [3.8, 4) is 0 Å². The number of thiophene rings is 1. The fourth-order valence-electron chi connectivity index (χ4n) is 1.59. The molecule has 0 bridgehead atoms. The molecule has 1 atom stereocenters. The van der Waals surface area contributed by atoms with Crippen LogP contribution in [0.15, 0.2) is 16.8 Å². The Balaban J connectivity index is 2.11. The molecule has 0 aliphatic rings. The van der Waals surface area contributed by atoms with Gasteiger partial charge in [0.25, 0.3) is 0 Å². The summed E-state index contributed by atoms with van der Waals surface area (Å²) in [7, 11) is 0. The van der Waals surface area contributed by atoms with Crippen LogP contribution in [-0.2, 0) is 4.79 Å². The largest absolute Gasteiger partial charge is 0.387 e. The van der Waals surface area contributed by atoms with Crippen molar-refractivity contribution < 1.29 is 9.90 Å². The van der Waals surface area contributed by atoms with Gasteiger partial charge in [-0.3, -0.25) is 4.79 Å². The molecule has 1 rings (SSSR count). The first kappa shape index (κ1) is 14.2. The van der Waals surface area contributed by atoms with E-state index in [2.05, 4.69) is 12.2 Å². The summed E-state index contributed by atoms with van der Waals surface area (Å²) in [6.45, 7) is 2.46. The highest BCUT2D eigenvalue weighted by molar-refractivity contribution is 7.07. The smallest absolute Gasteiger partial charge is 0.220 e. The van der Waals surface area contributed by atoms with Crippen LogP contribution in [0, 0.1) is 0 Å². The van der Waals surface area contributed by atoms with Crippen LogP contribution < -0.4 is 5.32 Å². The lowest BCUT2D eigenvalue weighted by molar-refractivity contribution is -0.121. The Morgan fingerprint density at radius 2 is 2.29 bits per heavy atom. The summed E-state index contributed by atoms with van der Waals surface area (Å²) in [5.74, 6) is 0.0374. The first-order valence-corrected chi connectivity index (χ1v) is 7.15. The number of carbonyl (C=O) groups excluding carboxylic acids is 1. The molecule has 1 amide bonds. The Bertz CT molecular complexity index is 311. The van der Waals surface area contributed by atoms with Crippen LogP contribution in [0.1, 0.15) is 50.7 Å². The summed E-state index contributed by atoms with van der Waals surface area (Å²) >= 11 is 1.55. The summed E-state index contributed by atoms with van der Waals surface area (Å²) in [5, 5.41) is 16.3. The third-order valence-corrected chi connectivity index (χ3v) is 3.38. The van der Waals surface area contributed by atoms with E-state index in [9.17, 15) is 9.90 Å².